The molecule has 0 unspecified atom stereocenters. The van der Waals surface area contributed by atoms with E-state index in [0.717, 1.165) is 11.6 Å². The van der Waals surface area contributed by atoms with Gasteiger partial charge in [-0.3, -0.25) is 4.79 Å². The van der Waals surface area contributed by atoms with E-state index in [1.165, 1.54) is 19.3 Å². The molecule has 0 bridgehead atoms. The fourth-order valence-corrected chi connectivity index (χ4v) is 3.13. The van der Waals surface area contributed by atoms with Gasteiger partial charge in [-0.2, -0.15) is 0 Å². The van der Waals surface area contributed by atoms with Crippen LogP contribution in [0.15, 0.2) is 30.3 Å². The lowest BCUT2D eigenvalue weighted by Gasteiger charge is -2.33. The number of nitrogens with two attached hydrogens (primary N) is 1. The highest BCUT2D eigenvalue weighted by atomic mass is 16.2. The van der Waals surface area contributed by atoms with Gasteiger partial charge in [-0.05, 0) is 44.2 Å². The number of benzene rings is 1. The van der Waals surface area contributed by atoms with Crippen molar-refractivity contribution < 1.29 is 10.1 Å². The Morgan fingerprint density at radius 3 is 2.65 bits per heavy atom. The van der Waals surface area contributed by atoms with Gasteiger partial charge in [0.25, 0.3) is 5.91 Å². The van der Waals surface area contributed by atoms with E-state index in [2.05, 4.69) is 24.5 Å². The Labute approximate surface area is 122 Å². The second-order valence-electron chi connectivity index (χ2n) is 6.27. The van der Waals surface area contributed by atoms with E-state index in [1.54, 1.807) is 0 Å². The van der Waals surface area contributed by atoms with Crippen molar-refractivity contribution in [2.45, 2.75) is 52.1 Å². The van der Waals surface area contributed by atoms with Crippen LogP contribution in [0.5, 0.6) is 0 Å². The SMILES string of the molecule is C[C@@H]1[C@H](C)CCC[C@H]1[NH2+][C@@H](C)C(=O)Nc1ccccc1. The average Bonchev–Trinajstić information content (AvgIpc) is 2.45. The highest BCUT2D eigenvalue weighted by Gasteiger charge is 2.32. The summed E-state index contributed by atoms with van der Waals surface area (Å²) in [5.74, 6) is 1.56. The van der Waals surface area contributed by atoms with Crippen LogP contribution in [0.1, 0.15) is 40.0 Å². The molecule has 0 radical (unpaired) electrons. The Kier molecular flexibility index (Phi) is 5.18. The number of para-hydroxylation sites is 1. The summed E-state index contributed by atoms with van der Waals surface area (Å²) < 4.78 is 0. The fourth-order valence-electron chi connectivity index (χ4n) is 3.13. The van der Waals surface area contributed by atoms with Crippen LogP contribution in [-0.2, 0) is 4.79 Å². The molecule has 0 aliphatic heterocycles. The summed E-state index contributed by atoms with van der Waals surface area (Å²) in [6.45, 7) is 6.66. The van der Waals surface area contributed by atoms with Gasteiger partial charge in [0.1, 0.15) is 0 Å². The number of rotatable bonds is 4. The number of amides is 1. The van der Waals surface area contributed by atoms with Gasteiger partial charge >= 0.3 is 0 Å². The predicted molar refractivity (Wildman–Crippen MR) is 82.4 cm³/mol. The van der Waals surface area contributed by atoms with E-state index in [-0.39, 0.29) is 11.9 Å². The van der Waals surface area contributed by atoms with Crippen molar-refractivity contribution in [3.05, 3.63) is 30.3 Å². The van der Waals surface area contributed by atoms with Gasteiger partial charge in [0.15, 0.2) is 6.04 Å². The molecule has 1 aliphatic rings. The number of quaternary nitrogens is 1. The molecule has 110 valence electrons. The third kappa shape index (κ3) is 3.83. The lowest BCUT2D eigenvalue weighted by atomic mass is 9.78. The minimum absolute atomic E-state index is 0.0343. The quantitative estimate of drug-likeness (QED) is 0.871. The molecule has 2 rings (SSSR count). The van der Waals surface area contributed by atoms with Gasteiger partial charge in [0, 0.05) is 11.6 Å². The number of carbonyl (C=O) groups is 1. The van der Waals surface area contributed by atoms with Crippen molar-refractivity contribution in [1.29, 1.82) is 0 Å². The second-order valence-corrected chi connectivity index (χ2v) is 6.27. The van der Waals surface area contributed by atoms with Crippen molar-refractivity contribution in [3.8, 4) is 0 Å². The molecule has 0 spiro atoms. The van der Waals surface area contributed by atoms with Crippen LogP contribution in [0, 0.1) is 11.8 Å². The van der Waals surface area contributed by atoms with E-state index in [9.17, 15) is 4.79 Å². The molecule has 1 saturated carbocycles. The van der Waals surface area contributed by atoms with Gasteiger partial charge < -0.3 is 10.6 Å². The highest BCUT2D eigenvalue weighted by molar-refractivity contribution is 5.93. The summed E-state index contributed by atoms with van der Waals surface area (Å²) >= 11 is 0. The first-order valence-electron chi connectivity index (χ1n) is 7.79. The molecule has 1 aromatic rings. The lowest BCUT2D eigenvalue weighted by Crippen LogP contribution is -2.97. The molecule has 20 heavy (non-hydrogen) atoms. The minimum atomic E-state index is -0.0343. The van der Waals surface area contributed by atoms with Crippen molar-refractivity contribution >= 4 is 11.6 Å². The number of hydrogen-bond donors (Lipinski definition) is 2. The molecule has 1 aliphatic carbocycles. The maximum atomic E-state index is 12.2. The van der Waals surface area contributed by atoms with E-state index >= 15 is 0 Å². The Morgan fingerprint density at radius 2 is 1.95 bits per heavy atom. The Balaban J connectivity index is 1.87. The number of anilines is 1. The predicted octanol–water partition coefficient (Wildman–Crippen LogP) is 2.40. The van der Waals surface area contributed by atoms with Gasteiger partial charge in [-0.25, -0.2) is 0 Å². The van der Waals surface area contributed by atoms with Crippen LogP contribution in [-0.4, -0.2) is 18.0 Å². The van der Waals surface area contributed by atoms with E-state index in [1.807, 2.05) is 37.3 Å². The number of hydrogen-bond acceptors (Lipinski definition) is 1. The van der Waals surface area contributed by atoms with E-state index in [0.29, 0.717) is 12.0 Å². The third-order valence-corrected chi connectivity index (χ3v) is 4.76. The van der Waals surface area contributed by atoms with Crippen LogP contribution in [0.3, 0.4) is 0 Å². The molecular formula is C17H27N2O+. The van der Waals surface area contributed by atoms with Gasteiger partial charge in [0.2, 0.25) is 0 Å². The van der Waals surface area contributed by atoms with Gasteiger partial charge in [-0.15, -0.1) is 0 Å². The fraction of sp³-hybridized carbons (Fsp3) is 0.588. The normalized spacial score (nSPS) is 27.9. The molecule has 0 aromatic heterocycles. The van der Waals surface area contributed by atoms with Crippen molar-refractivity contribution in [2.24, 2.45) is 11.8 Å². The molecule has 1 aromatic carbocycles. The first-order chi connectivity index (χ1) is 9.58. The zero-order chi connectivity index (χ0) is 14.5. The van der Waals surface area contributed by atoms with Crippen LogP contribution < -0.4 is 10.6 Å². The standard InChI is InChI=1S/C17H26N2O/c1-12-8-7-11-16(13(12)2)18-14(3)17(20)19-15-9-5-4-6-10-15/h4-6,9-10,12-14,16,18H,7-8,11H2,1-3H3,(H,19,20)/p+1/t12-,13-,14+,16-/m1/s1. The van der Waals surface area contributed by atoms with Gasteiger partial charge in [-0.1, -0.05) is 32.0 Å². The second kappa shape index (κ2) is 6.89. The summed E-state index contributed by atoms with van der Waals surface area (Å²) in [5.41, 5.74) is 0.878. The van der Waals surface area contributed by atoms with Crippen molar-refractivity contribution in [1.82, 2.24) is 0 Å². The topological polar surface area (TPSA) is 45.7 Å². The Morgan fingerprint density at radius 1 is 1.25 bits per heavy atom. The minimum Gasteiger partial charge on any atom is -0.334 e. The van der Waals surface area contributed by atoms with Crippen LogP contribution in [0.25, 0.3) is 0 Å². The third-order valence-electron chi connectivity index (χ3n) is 4.76. The van der Waals surface area contributed by atoms with Crippen LogP contribution >= 0.6 is 0 Å². The summed E-state index contributed by atoms with van der Waals surface area (Å²) in [6.07, 6.45) is 3.85. The van der Waals surface area contributed by atoms with Gasteiger partial charge in [0.05, 0.1) is 6.04 Å². The Hall–Kier alpha value is -1.35. The smallest absolute Gasteiger partial charge is 0.282 e. The van der Waals surface area contributed by atoms with Crippen LogP contribution in [0.4, 0.5) is 5.69 Å². The monoisotopic (exact) mass is 275 g/mol. The van der Waals surface area contributed by atoms with Crippen molar-refractivity contribution in [2.75, 3.05) is 5.32 Å². The Bertz CT molecular complexity index is 432. The van der Waals surface area contributed by atoms with Crippen LogP contribution in [0.2, 0.25) is 0 Å². The maximum absolute atomic E-state index is 12.2. The van der Waals surface area contributed by atoms with E-state index in [4.69, 9.17) is 0 Å². The molecule has 3 nitrogen and oxygen atoms in total. The van der Waals surface area contributed by atoms with E-state index < -0.39 is 0 Å². The first-order valence-corrected chi connectivity index (χ1v) is 7.79. The highest BCUT2D eigenvalue weighted by Crippen LogP contribution is 2.27. The molecule has 1 fully saturated rings. The summed E-state index contributed by atoms with van der Waals surface area (Å²) in [4.78, 5) is 12.2. The molecule has 0 saturated heterocycles. The molecule has 4 atom stereocenters. The summed E-state index contributed by atoms with van der Waals surface area (Å²) in [6, 6.07) is 10.2. The summed E-state index contributed by atoms with van der Waals surface area (Å²) in [7, 11) is 0. The largest absolute Gasteiger partial charge is 0.334 e. The maximum Gasteiger partial charge on any atom is 0.282 e. The molecule has 3 N–H and O–H groups in total. The molecule has 3 heteroatoms. The zero-order valence-electron chi connectivity index (χ0n) is 12.8. The number of carbonyl (C=O) groups excluding carboxylic acids is 1. The molecule has 0 heterocycles. The molecule has 1 amide bonds. The molecular weight excluding hydrogens is 248 g/mol. The van der Waals surface area contributed by atoms with Crippen molar-refractivity contribution in [3.63, 3.8) is 0 Å². The first kappa shape index (κ1) is 15.0. The number of nitrogens with one attached hydrogen (secondary N) is 1. The average molecular weight is 275 g/mol. The lowest BCUT2D eigenvalue weighted by molar-refractivity contribution is -0.715. The summed E-state index contributed by atoms with van der Waals surface area (Å²) in [5, 5.41) is 5.25. The zero-order valence-corrected chi connectivity index (χ0v) is 12.8.